The minimum absolute atomic E-state index is 0.150. The zero-order valence-electron chi connectivity index (χ0n) is 8.67. The SMILES string of the molecule is O=S(=O)(c1ccccc1)C12C=CCCC1O2. The van der Waals surface area contributed by atoms with Crippen LogP contribution in [0.3, 0.4) is 0 Å². The number of benzene rings is 1. The van der Waals surface area contributed by atoms with Crippen molar-refractivity contribution in [3.05, 3.63) is 42.5 Å². The molecular weight excluding hydrogens is 224 g/mol. The summed E-state index contributed by atoms with van der Waals surface area (Å²) >= 11 is 0. The second-order valence-electron chi connectivity index (χ2n) is 4.12. The van der Waals surface area contributed by atoms with Gasteiger partial charge in [-0.1, -0.05) is 24.3 Å². The molecule has 1 aromatic carbocycles. The lowest BCUT2D eigenvalue weighted by atomic mass is 10.1. The molecule has 3 rings (SSSR count). The van der Waals surface area contributed by atoms with E-state index in [-0.39, 0.29) is 6.10 Å². The van der Waals surface area contributed by atoms with E-state index in [2.05, 4.69) is 0 Å². The third kappa shape index (κ3) is 1.20. The van der Waals surface area contributed by atoms with Crippen molar-refractivity contribution in [3.8, 4) is 0 Å². The molecule has 0 spiro atoms. The predicted octanol–water partition coefficient (Wildman–Crippen LogP) is 1.91. The lowest BCUT2D eigenvalue weighted by Crippen LogP contribution is -2.27. The Kier molecular flexibility index (Phi) is 2.00. The van der Waals surface area contributed by atoms with Gasteiger partial charge < -0.3 is 4.74 Å². The van der Waals surface area contributed by atoms with Crippen molar-refractivity contribution in [2.24, 2.45) is 0 Å². The Bertz CT molecular complexity index is 533. The normalized spacial score (nSPS) is 32.1. The lowest BCUT2D eigenvalue weighted by molar-refractivity contribution is 0.366. The van der Waals surface area contributed by atoms with E-state index in [0.29, 0.717) is 4.90 Å². The first-order chi connectivity index (χ1) is 7.67. The molecule has 1 aliphatic carbocycles. The van der Waals surface area contributed by atoms with E-state index in [9.17, 15) is 8.42 Å². The molecule has 1 saturated heterocycles. The highest BCUT2D eigenvalue weighted by Gasteiger charge is 2.65. The van der Waals surface area contributed by atoms with Crippen LogP contribution in [0, 0.1) is 0 Å². The van der Waals surface area contributed by atoms with E-state index < -0.39 is 14.8 Å². The van der Waals surface area contributed by atoms with E-state index >= 15 is 0 Å². The smallest absolute Gasteiger partial charge is 0.218 e. The van der Waals surface area contributed by atoms with Crippen LogP contribution in [0.4, 0.5) is 0 Å². The Hall–Kier alpha value is -1.13. The van der Waals surface area contributed by atoms with Crippen LogP contribution >= 0.6 is 0 Å². The topological polar surface area (TPSA) is 46.7 Å². The summed E-state index contributed by atoms with van der Waals surface area (Å²) in [5.74, 6) is 0. The molecule has 4 heteroatoms. The van der Waals surface area contributed by atoms with E-state index in [4.69, 9.17) is 4.74 Å². The molecule has 0 N–H and O–H groups in total. The van der Waals surface area contributed by atoms with Gasteiger partial charge in [0.05, 0.1) is 4.90 Å². The monoisotopic (exact) mass is 236 g/mol. The maximum absolute atomic E-state index is 12.4. The number of hydrogen-bond donors (Lipinski definition) is 0. The standard InChI is InChI=1S/C12H12O3S/c13-16(14,10-6-2-1-3-7-10)12-9-5-4-8-11(12)15-12/h1-3,5-7,9,11H,4,8H2. The van der Waals surface area contributed by atoms with Gasteiger partial charge in [-0.3, -0.25) is 0 Å². The molecule has 2 unspecified atom stereocenters. The molecule has 0 saturated carbocycles. The van der Waals surface area contributed by atoms with Crippen LogP contribution in [-0.2, 0) is 14.6 Å². The van der Waals surface area contributed by atoms with Crippen LogP contribution < -0.4 is 0 Å². The first kappa shape index (κ1) is 10.1. The van der Waals surface area contributed by atoms with Gasteiger partial charge in [0, 0.05) is 0 Å². The quantitative estimate of drug-likeness (QED) is 0.582. The lowest BCUT2D eigenvalue weighted by Gasteiger charge is -2.12. The molecule has 1 heterocycles. The number of hydrogen-bond acceptors (Lipinski definition) is 3. The van der Waals surface area contributed by atoms with Crippen LogP contribution in [-0.4, -0.2) is 19.5 Å². The summed E-state index contributed by atoms with van der Waals surface area (Å²) in [5.41, 5.74) is 0. The summed E-state index contributed by atoms with van der Waals surface area (Å²) in [7, 11) is -3.40. The molecule has 2 atom stereocenters. The number of sulfone groups is 1. The summed E-state index contributed by atoms with van der Waals surface area (Å²) in [6.07, 6.45) is 5.13. The van der Waals surface area contributed by atoms with Crippen LogP contribution in [0.5, 0.6) is 0 Å². The average molecular weight is 236 g/mol. The zero-order chi connectivity index (χ0) is 11.2. The maximum Gasteiger partial charge on any atom is 0.218 e. The van der Waals surface area contributed by atoms with E-state index in [0.717, 1.165) is 12.8 Å². The first-order valence-electron chi connectivity index (χ1n) is 5.32. The number of epoxide rings is 1. The summed E-state index contributed by atoms with van der Waals surface area (Å²) in [6.45, 7) is 0. The Balaban J connectivity index is 2.08. The summed E-state index contributed by atoms with van der Waals surface area (Å²) in [4.78, 5) is -0.726. The van der Waals surface area contributed by atoms with Crippen molar-refractivity contribution in [1.29, 1.82) is 0 Å². The van der Waals surface area contributed by atoms with Gasteiger partial charge in [-0.05, 0) is 31.1 Å². The predicted molar refractivity (Wildman–Crippen MR) is 59.6 cm³/mol. The van der Waals surface area contributed by atoms with Crippen LogP contribution in [0.15, 0.2) is 47.4 Å². The molecule has 1 aromatic rings. The maximum atomic E-state index is 12.4. The molecule has 1 aliphatic heterocycles. The molecule has 2 aliphatic rings. The number of rotatable bonds is 2. The van der Waals surface area contributed by atoms with Gasteiger partial charge in [-0.2, -0.15) is 0 Å². The van der Waals surface area contributed by atoms with Crippen LogP contribution in [0.2, 0.25) is 0 Å². The van der Waals surface area contributed by atoms with Crippen LogP contribution in [0.25, 0.3) is 0 Å². The van der Waals surface area contributed by atoms with Gasteiger partial charge >= 0.3 is 0 Å². The Morgan fingerprint density at radius 2 is 2.00 bits per heavy atom. The van der Waals surface area contributed by atoms with Crippen LogP contribution in [0.1, 0.15) is 12.8 Å². The van der Waals surface area contributed by atoms with Crippen molar-refractivity contribution >= 4 is 9.84 Å². The van der Waals surface area contributed by atoms with Gasteiger partial charge in [0.1, 0.15) is 6.10 Å². The van der Waals surface area contributed by atoms with Crippen molar-refractivity contribution in [1.82, 2.24) is 0 Å². The molecule has 0 radical (unpaired) electrons. The molecule has 16 heavy (non-hydrogen) atoms. The molecule has 84 valence electrons. The number of ether oxygens (including phenoxy) is 1. The summed E-state index contributed by atoms with van der Waals surface area (Å²) in [6, 6.07) is 8.50. The third-order valence-corrected chi connectivity index (χ3v) is 5.37. The van der Waals surface area contributed by atoms with Crippen molar-refractivity contribution in [2.45, 2.75) is 28.8 Å². The third-order valence-electron chi connectivity index (χ3n) is 3.14. The molecule has 0 bridgehead atoms. The minimum atomic E-state index is -3.40. The molecular formula is C12H12O3S. The van der Waals surface area contributed by atoms with Gasteiger partial charge in [-0.25, -0.2) is 8.42 Å². The second-order valence-corrected chi connectivity index (χ2v) is 6.24. The number of allylic oxidation sites excluding steroid dienone is 1. The second kappa shape index (κ2) is 3.18. The Morgan fingerprint density at radius 1 is 1.25 bits per heavy atom. The number of fused-ring (bicyclic) bond motifs is 1. The average Bonchev–Trinajstić information content (AvgIpc) is 3.06. The fourth-order valence-corrected chi connectivity index (χ4v) is 4.07. The largest absolute Gasteiger partial charge is 0.345 e. The van der Waals surface area contributed by atoms with Gasteiger partial charge in [0.25, 0.3) is 0 Å². The Morgan fingerprint density at radius 3 is 2.69 bits per heavy atom. The van der Waals surface area contributed by atoms with E-state index in [1.54, 1.807) is 36.4 Å². The molecule has 3 nitrogen and oxygen atoms in total. The highest BCUT2D eigenvalue weighted by Crippen LogP contribution is 2.50. The fraction of sp³-hybridized carbons (Fsp3) is 0.333. The van der Waals surface area contributed by atoms with Crippen molar-refractivity contribution < 1.29 is 13.2 Å². The minimum Gasteiger partial charge on any atom is -0.345 e. The van der Waals surface area contributed by atoms with Crippen molar-refractivity contribution in [3.63, 3.8) is 0 Å². The zero-order valence-corrected chi connectivity index (χ0v) is 9.48. The van der Waals surface area contributed by atoms with Gasteiger partial charge in [0.15, 0.2) is 0 Å². The first-order valence-corrected chi connectivity index (χ1v) is 6.80. The molecule has 1 fully saturated rings. The van der Waals surface area contributed by atoms with Gasteiger partial charge in [-0.15, -0.1) is 0 Å². The van der Waals surface area contributed by atoms with E-state index in [1.807, 2.05) is 6.08 Å². The highest BCUT2D eigenvalue weighted by molar-refractivity contribution is 7.93. The Labute approximate surface area is 94.7 Å². The van der Waals surface area contributed by atoms with Gasteiger partial charge in [0.2, 0.25) is 14.8 Å². The van der Waals surface area contributed by atoms with Crippen molar-refractivity contribution in [2.75, 3.05) is 0 Å². The molecule has 0 amide bonds. The van der Waals surface area contributed by atoms with E-state index in [1.165, 1.54) is 0 Å². The molecule has 0 aromatic heterocycles. The fourth-order valence-electron chi connectivity index (χ4n) is 2.20. The highest BCUT2D eigenvalue weighted by atomic mass is 32.2. The summed E-state index contributed by atoms with van der Waals surface area (Å²) < 4.78 is 30.2. The summed E-state index contributed by atoms with van der Waals surface area (Å²) in [5, 5.41) is 0.